The van der Waals surface area contributed by atoms with E-state index in [0.29, 0.717) is 36.6 Å². The van der Waals surface area contributed by atoms with E-state index in [1.807, 2.05) is 20.9 Å². The predicted octanol–water partition coefficient (Wildman–Crippen LogP) is 1.35. The molecule has 1 aromatic heterocycles. The summed E-state index contributed by atoms with van der Waals surface area (Å²) in [5.41, 5.74) is 7.32. The maximum Gasteiger partial charge on any atom is 0.255 e. The average molecular weight is 384 g/mol. The van der Waals surface area contributed by atoms with E-state index in [2.05, 4.69) is 15.7 Å². The molecule has 2 aliphatic rings. The van der Waals surface area contributed by atoms with Gasteiger partial charge in [-0.15, -0.1) is 12.4 Å². The van der Waals surface area contributed by atoms with E-state index in [1.165, 1.54) is 0 Å². The van der Waals surface area contributed by atoms with Crippen molar-refractivity contribution in [1.29, 1.82) is 0 Å². The van der Waals surface area contributed by atoms with Crippen molar-refractivity contribution in [3.05, 3.63) is 17.0 Å². The second-order valence-electron chi connectivity index (χ2n) is 7.62. The summed E-state index contributed by atoms with van der Waals surface area (Å²) in [6, 6.07) is 0.0147. The van der Waals surface area contributed by atoms with Crippen LogP contribution in [0.1, 0.15) is 60.3 Å². The van der Waals surface area contributed by atoms with Crippen molar-refractivity contribution in [2.75, 3.05) is 6.54 Å². The molecular weight excluding hydrogens is 354 g/mol. The Morgan fingerprint density at radius 2 is 1.92 bits per heavy atom. The minimum absolute atomic E-state index is 0. The molecule has 3 rings (SSSR count). The molecule has 2 fully saturated rings. The third kappa shape index (κ3) is 4.04. The van der Waals surface area contributed by atoms with Gasteiger partial charge in [-0.05, 0) is 45.4 Å². The zero-order chi connectivity index (χ0) is 18.2. The Hall–Kier alpha value is -1.60. The molecule has 146 valence electrons. The van der Waals surface area contributed by atoms with Gasteiger partial charge in [0.25, 0.3) is 5.91 Å². The van der Waals surface area contributed by atoms with Crippen LogP contribution in [-0.2, 0) is 11.8 Å². The number of nitrogens with one attached hydrogen (secondary N) is 2. The van der Waals surface area contributed by atoms with Gasteiger partial charge in [-0.3, -0.25) is 14.3 Å². The van der Waals surface area contributed by atoms with Crippen LogP contribution in [0, 0.1) is 19.8 Å². The van der Waals surface area contributed by atoms with Gasteiger partial charge in [-0.1, -0.05) is 12.8 Å². The van der Waals surface area contributed by atoms with Crippen LogP contribution >= 0.6 is 12.4 Å². The summed E-state index contributed by atoms with van der Waals surface area (Å²) in [5.74, 6) is 0.218. The molecule has 0 saturated heterocycles. The number of hydrogen-bond donors (Lipinski definition) is 3. The molecule has 26 heavy (non-hydrogen) atoms. The molecule has 1 heterocycles. The molecule has 2 aliphatic carbocycles. The van der Waals surface area contributed by atoms with E-state index in [1.54, 1.807) is 4.68 Å². The largest absolute Gasteiger partial charge is 0.352 e. The third-order valence-electron chi connectivity index (χ3n) is 5.71. The number of nitrogens with zero attached hydrogens (tertiary/aromatic N) is 2. The Morgan fingerprint density at radius 1 is 1.31 bits per heavy atom. The summed E-state index contributed by atoms with van der Waals surface area (Å²) in [4.78, 5) is 25.7. The van der Waals surface area contributed by atoms with E-state index >= 15 is 0 Å². The maximum absolute atomic E-state index is 12.9. The number of aromatic nitrogens is 2. The Bertz CT molecular complexity index is 677. The SMILES string of the molecule is Cc1nn(C)c(C)c1C(=O)NC1(C(=O)NCC(N)C2CC2)CCCC1.Cl. The van der Waals surface area contributed by atoms with E-state index < -0.39 is 5.54 Å². The van der Waals surface area contributed by atoms with E-state index in [-0.39, 0.29) is 30.3 Å². The van der Waals surface area contributed by atoms with E-state index in [4.69, 9.17) is 5.73 Å². The van der Waals surface area contributed by atoms with Crippen molar-refractivity contribution < 1.29 is 9.59 Å². The molecule has 2 saturated carbocycles. The highest BCUT2D eigenvalue weighted by molar-refractivity contribution is 6.00. The highest BCUT2D eigenvalue weighted by Crippen LogP contribution is 2.32. The van der Waals surface area contributed by atoms with Crippen LogP contribution in [0.25, 0.3) is 0 Å². The maximum atomic E-state index is 12.9. The molecule has 2 amide bonds. The fourth-order valence-electron chi connectivity index (χ4n) is 3.84. The Balaban J connectivity index is 0.00000243. The van der Waals surface area contributed by atoms with Gasteiger partial charge >= 0.3 is 0 Å². The van der Waals surface area contributed by atoms with Crippen LogP contribution < -0.4 is 16.4 Å². The van der Waals surface area contributed by atoms with Crippen LogP contribution in [0.15, 0.2) is 0 Å². The first-order valence-corrected chi connectivity index (χ1v) is 9.20. The lowest BCUT2D eigenvalue weighted by molar-refractivity contribution is -0.127. The van der Waals surface area contributed by atoms with Crippen molar-refractivity contribution in [2.24, 2.45) is 18.7 Å². The van der Waals surface area contributed by atoms with Gasteiger partial charge in [0.15, 0.2) is 0 Å². The van der Waals surface area contributed by atoms with Gasteiger partial charge < -0.3 is 16.4 Å². The summed E-state index contributed by atoms with van der Waals surface area (Å²) in [7, 11) is 1.82. The van der Waals surface area contributed by atoms with Gasteiger partial charge in [0.1, 0.15) is 5.54 Å². The van der Waals surface area contributed by atoms with Gasteiger partial charge in [-0.25, -0.2) is 0 Å². The molecule has 4 N–H and O–H groups in total. The Morgan fingerprint density at radius 3 is 2.42 bits per heavy atom. The van der Waals surface area contributed by atoms with E-state index in [9.17, 15) is 9.59 Å². The van der Waals surface area contributed by atoms with Crippen LogP contribution in [0.3, 0.4) is 0 Å². The topological polar surface area (TPSA) is 102 Å². The van der Waals surface area contributed by atoms with E-state index in [0.717, 1.165) is 31.4 Å². The molecule has 1 unspecified atom stereocenters. The lowest BCUT2D eigenvalue weighted by Crippen LogP contribution is -2.58. The summed E-state index contributed by atoms with van der Waals surface area (Å²) in [5, 5.41) is 10.3. The highest BCUT2D eigenvalue weighted by atomic mass is 35.5. The first kappa shape index (κ1) is 20.7. The van der Waals surface area contributed by atoms with Gasteiger partial charge in [-0.2, -0.15) is 5.10 Å². The van der Waals surface area contributed by atoms with Crippen LogP contribution in [0.2, 0.25) is 0 Å². The number of amides is 2. The number of nitrogens with two attached hydrogens (primary N) is 1. The van der Waals surface area contributed by atoms with Gasteiger partial charge in [0, 0.05) is 25.3 Å². The van der Waals surface area contributed by atoms with Crippen molar-refractivity contribution in [1.82, 2.24) is 20.4 Å². The average Bonchev–Trinajstić information content (AvgIpc) is 3.25. The Kier molecular flexibility index (Phi) is 6.34. The molecule has 8 heteroatoms. The summed E-state index contributed by atoms with van der Waals surface area (Å²) >= 11 is 0. The quantitative estimate of drug-likeness (QED) is 0.690. The molecule has 0 spiro atoms. The van der Waals surface area contributed by atoms with Gasteiger partial charge in [0.05, 0.1) is 11.3 Å². The standard InChI is InChI=1S/C18H29N5O2.ClH/c1-11-15(12(2)23(3)22-11)16(24)21-18(8-4-5-9-18)17(25)20-10-14(19)13-6-7-13;/h13-14H,4-10,19H2,1-3H3,(H,20,25)(H,21,24);1H. The zero-order valence-electron chi connectivity index (χ0n) is 15.8. The summed E-state index contributed by atoms with van der Waals surface area (Å²) < 4.78 is 1.69. The van der Waals surface area contributed by atoms with Gasteiger partial charge in [0.2, 0.25) is 5.91 Å². The molecular formula is C18H30ClN5O2. The number of aryl methyl sites for hydroxylation is 2. The second kappa shape index (κ2) is 7.96. The second-order valence-corrected chi connectivity index (χ2v) is 7.62. The fourth-order valence-corrected chi connectivity index (χ4v) is 3.84. The summed E-state index contributed by atoms with van der Waals surface area (Å²) in [6.07, 6.45) is 5.51. The lowest BCUT2D eigenvalue weighted by Gasteiger charge is -2.29. The first-order valence-electron chi connectivity index (χ1n) is 9.20. The normalized spacial score (nSPS) is 19.5. The molecule has 0 aromatic carbocycles. The van der Waals surface area contributed by atoms with Crippen molar-refractivity contribution >= 4 is 24.2 Å². The smallest absolute Gasteiger partial charge is 0.255 e. The monoisotopic (exact) mass is 383 g/mol. The third-order valence-corrected chi connectivity index (χ3v) is 5.71. The molecule has 1 aromatic rings. The number of carbonyl (C=O) groups is 2. The number of hydrogen-bond acceptors (Lipinski definition) is 4. The van der Waals surface area contributed by atoms with Crippen LogP contribution in [-0.4, -0.2) is 39.7 Å². The molecule has 7 nitrogen and oxygen atoms in total. The van der Waals surface area contributed by atoms with Crippen LogP contribution in [0.4, 0.5) is 0 Å². The minimum atomic E-state index is -0.824. The Labute approximate surface area is 160 Å². The molecule has 0 radical (unpaired) electrons. The molecule has 0 bridgehead atoms. The lowest BCUT2D eigenvalue weighted by atomic mass is 9.95. The van der Waals surface area contributed by atoms with Crippen molar-refractivity contribution in [2.45, 2.75) is 64.0 Å². The van der Waals surface area contributed by atoms with Crippen molar-refractivity contribution in [3.8, 4) is 0 Å². The molecule has 0 aliphatic heterocycles. The van der Waals surface area contributed by atoms with Crippen LogP contribution in [0.5, 0.6) is 0 Å². The highest BCUT2D eigenvalue weighted by Gasteiger charge is 2.43. The van der Waals surface area contributed by atoms with Crippen molar-refractivity contribution in [3.63, 3.8) is 0 Å². The first-order chi connectivity index (χ1) is 11.8. The summed E-state index contributed by atoms with van der Waals surface area (Å²) in [6.45, 7) is 4.16. The zero-order valence-corrected chi connectivity index (χ0v) is 16.6. The predicted molar refractivity (Wildman–Crippen MR) is 102 cm³/mol. The fraction of sp³-hybridized carbons (Fsp3) is 0.722. The molecule has 1 atom stereocenters. The minimum Gasteiger partial charge on any atom is -0.352 e. The number of halogens is 1. The number of carbonyl (C=O) groups excluding carboxylic acids is 2. The number of rotatable bonds is 6.